The van der Waals surface area contributed by atoms with Gasteiger partial charge in [0, 0.05) is 70.6 Å². The van der Waals surface area contributed by atoms with Crippen LogP contribution < -0.4 is 9.80 Å². The summed E-state index contributed by atoms with van der Waals surface area (Å²) in [6.07, 6.45) is 8.72. The molecule has 8 nitrogen and oxygen atoms in total. The van der Waals surface area contributed by atoms with E-state index >= 15 is 0 Å². The average molecular weight is 464 g/mol. The van der Waals surface area contributed by atoms with Crippen molar-refractivity contribution in [3.05, 3.63) is 42.0 Å². The molecule has 3 aromatic rings. The fourth-order valence-corrected chi connectivity index (χ4v) is 5.26. The average Bonchev–Trinajstić information content (AvgIpc) is 3.54. The number of fused-ring (bicyclic) bond motifs is 2. The Hall–Kier alpha value is -2.78. The Kier molecular flexibility index (Phi) is 5.92. The molecular formula is C24H33N7OSi. The SMILES string of the molecule is CN(c1cc2c(cn1)CN=C2)[C@@H]1CCN(c2ncnc3c2ccn3COCC[Si](C)(C)C)C1. The quantitative estimate of drug-likeness (QED) is 0.374. The molecule has 0 amide bonds. The molecule has 1 atom stereocenters. The lowest BCUT2D eigenvalue weighted by Gasteiger charge is -2.26. The van der Waals surface area contributed by atoms with Crippen molar-refractivity contribution in [3.63, 3.8) is 0 Å². The molecule has 2 aliphatic rings. The second-order valence-corrected chi connectivity index (χ2v) is 15.9. The summed E-state index contributed by atoms with van der Waals surface area (Å²) in [5.41, 5.74) is 3.33. The highest BCUT2D eigenvalue weighted by Gasteiger charge is 2.29. The van der Waals surface area contributed by atoms with E-state index in [1.165, 1.54) is 17.2 Å². The highest BCUT2D eigenvalue weighted by Crippen LogP contribution is 2.29. The molecule has 1 fully saturated rings. The summed E-state index contributed by atoms with van der Waals surface area (Å²) >= 11 is 0. The molecule has 0 N–H and O–H groups in total. The number of likely N-dealkylation sites (N-methyl/N-ethyl adjacent to an activating group) is 1. The lowest BCUT2D eigenvalue weighted by molar-refractivity contribution is 0.0899. The molecule has 9 heteroatoms. The van der Waals surface area contributed by atoms with Gasteiger partial charge in [0.25, 0.3) is 0 Å². The first-order valence-electron chi connectivity index (χ1n) is 11.7. The summed E-state index contributed by atoms with van der Waals surface area (Å²) in [5, 5.41) is 1.08. The second kappa shape index (κ2) is 8.87. The monoisotopic (exact) mass is 463 g/mol. The zero-order chi connectivity index (χ0) is 23.0. The van der Waals surface area contributed by atoms with Gasteiger partial charge >= 0.3 is 0 Å². The van der Waals surface area contributed by atoms with Crippen molar-refractivity contribution in [3.8, 4) is 0 Å². The van der Waals surface area contributed by atoms with Crippen molar-refractivity contribution in [1.29, 1.82) is 0 Å². The van der Waals surface area contributed by atoms with Gasteiger partial charge in [0.05, 0.1) is 11.9 Å². The Labute approximate surface area is 196 Å². The van der Waals surface area contributed by atoms with Gasteiger partial charge < -0.3 is 19.1 Å². The first-order valence-corrected chi connectivity index (χ1v) is 15.4. The Morgan fingerprint density at radius 2 is 2.09 bits per heavy atom. The van der Waals surface area contributed by atoms with E-state index in [1.54, 1.807) is 6.33 Å². The summed E-state index contributed by atoms with van der Waals surface area (Å²) in [7, 11) is 1.05. The molecule has 33 heavy (non-hydrogen) atoms. The molecule has 1 saturated heterocycles. The minimum Gasteiger partial charge on any atom is -0.361 e. The number of aromatic nitrogens is 4. The van der Waals surface area contributed by atoms with Crippen molar-refractivity contribution in [1.82, 2.24) is 19.5 Å². The molecule has 5 rings (SSSR count). The third-order valence-corrected chi connectivity index (χ3v) is 8.34. The fourth-order valence-electron chi connectivity index (χ4n) is 4.50. The first kappa shape index (κ1) is 22.0. The summed E-state index contributed by atoms with van der Waals surface area (Å²) < 4.78 is 8.04. The first-order chi connectivity index (χ1) is 15.9. The lowest BCUT2D eigenvalue weighted by Crippen LogP contribution is -2.35. The van der Waals surface area contributed by atoms with E-state index in [0.29, 0.717) is 12.8 Å². The number of hydrogen-bond donors (Lipinski definition) is 0. The lowest BCUT2D eigenvalue weighted by atomic mass is 10.1. The summed E-state index contributed by atoms with van der Waals surface area (Å²) in [5.74, 6) is 2.01. The molecule has 3 aromatic heterocycles. The van der Waals surface area contributed by atoms with E-state index < -0.39 is 8.07 Å². The van der Waals surface area contributed by atoms with Crippen LogP contribution in [0.25, 0.3) is 11.0 Å². The third-order valence-electron chi connectivity index (χ3n) is 6.63. The van der Waals surface area contributed by atoms with E-state index in [1.807, 2.05) is 12.4 Å². The van der Waals surface area contributed by atoms with Crippen LogP contribution in [0.4, 0.5) is 11.6 Å². The smallest absolute Gasteiger partial charge is 0.147 e. The number of pyridine rings is 1. The largest absolute Gasteiger partial charge is 0.361 e. The Bertz CT molecular complexity index is 1170. The number of ether oxygens (including phenoxy) is 1. The van der Waals surface area contributed by atoms with Crippen molar-refractivity contribution < 1.29 is 4.74 Å². The summed E-state index contributed by atoms with van der Waals surface area (Å²) in [4.78, 5) is 22.9. The fraction of sp³-hybridized carbons (Fsp3) is 0.500. The van der Waals surface area contributed by atoms with Crippen LogP contribution in [0.5, 0.6) is 0 Å². The normalized spacial score (nSPS) is 17.8. The van der Waals surface area contributed by atoms with Gasteiger partial charge in [-0.15, -0.1) is 0 Å². The molecule has 2 aliphatic heterocycles. The van der Waals surface area contributed by atoms with Gasteiger partial charge in [-0.1, -0.05) is 19.6 Å². The zero-order valence-electron chi connectivity index (χ0n) is 20.0. The molecule has 0 unspecified atom stereocenters. The van der Waals surface area contributed by atoms with Gasteiger partial charge in [0.15, 0.2) is 0 Å². The van der Waals surface area contributed by atoms with Gasteiger partial charge in [-0.05, 0) is 24.6 Å². The molecule has 0 spiro atoms. The Morgan fingerprint density at radius 1 is 1.21 bits per heavy atom. The van der Waals surface area contributed by atoms with E-state index in [0.717, 1.165) is 55.3 Å². The van der Waals surface area contributed by atoms with Crippen LogP contribution in [0.1, 0.15) is 17.5 Å². The number of hydrogen-bond acceptors (Lipinski definition) is 7. The van der Waals surface area contributed by atoms with Gasteiger partial charge in [-0.3, -0.25) is 4.99 Å². The van der Waals surface area contributed by atoms with Crippen molar-refractivity contribution >= 4 is 37.0 Å². The zero-order valence-corrected chi connectivity index (χ0v) is 21.0. The van der Waals surface area contributed by atoms with Gasteiger partial charge in [0.1, 0.15) is 30.3 Å². The number of nitrogens with zero attached hydrogens (tertiary/aromatic N) is 7. The molecule has 0 aliphatic carbocycles. The molecule has 0 aromatic carbocycles. The highest BCUT2D eigenvalue weighted by molar-refractivity contribution is 6.76. The molecule has 0 saturated carbocycles. The van der Waals surface area contributed by atoms with E-state index in [-0.39, 0.29) is 0 Å². The Morgan fingerprint density at radius 3 is 2.94 bits per heavy atom. The van der Waals surface area contributed by atoms with Crippen molar-refractivity contribution in [2.24, 2.45) is 4.99 Å². The third kappa shape index (κ3) is 4.65. The number of rotatable bonds is 8. The van der Waals surface area contributed by atoms with Gasteiger partial charge in [0.2, 0.25) is 0 Å². The highest BCUT2D eigenvalue weighted by atomic mass is 28.3. The van der Waals surface area contributed by atoms with Crippen LogP contribution >= 0.6 is 0 Å². The number of aliphatic imine (C=N–C) groups is 1. The van der Waals surface area contributed by atoms with Crippen LogP contribution in [0.2, 0.25) is 25.7 Å². The van der Waals surface area contributed by atoms with E-state index in [4.69, 9.17) is 4.74 Å². The Balaban J connectivity index is 1.27. The second-order valence-electron chi connectivity index (χ2n) is 10.3. The summed E-state index contributed by atoms with van der Waals surface area (Å²) in [6.45, 7) is 11.1. The maximum atomic E-state index is 5.96. The van der Waals surface area contributed by atoms with Crippen LogP contribution in [0, 0.1) is 0 Å². The topological polar surface area (TPSA) is 71.7 Å². The van der Waals surface area contributed by atoms with Crippen LogP contribution in [-0.2, 0) is 18.0 Å². The van der Waals surface area contributed by atoms with E-state index in [9.17, 15) is 0 Å². The number of anilines is 2. The minimum atomic E-state index is -1.09. The predicted octanol–water partition coefficient (Wildman–Crippen LogP) is 3.79. The van der Waals surface area contributed by atoms with Crippen LogP contribution in [-0.4, -0.2) is 66.6 Å². The molecule has 174 valence electrons. The standard InChI is InChI=1S/C24H33N7OSi/c1-29(22-11-18-12-25-13-19(18)14-26-22)20-5-7-30(15-20)23-21-6-8-31(24(21)28-16-27-23)17-32-9-10-33(2,3)4/h6,8,11-12,14,16,20H,5,7,9-10,13,15,17H2,1-4H3/t20-/m1/s1. The van der Waals surface area contributed by atoms with Gasteiger partial charge in [-0.25, -0.2) is 15.0 Å². The van der Waals surface area contributed by atoms with Gasteiger partial charge in [-0.2, -0.15) is 0 Å². The molecule has 0 radical (unpaired) electrons. The van der Waals surface area contributed by atoms with Crippen LogP contribution in [0.15, 0.2) is 35.8 Å². The molecule has 5 heterocycles. The molecular weight excluding hydrogens is 430 g/mol. The van der Waals surface area contributed by atoms with Crippen molar-refractivity contribution in [2.45, 2.75) is 51.4 Å². The maximum Gasteiger partial charge on any atom is 0.147 e. The predicted molar refractivity (Wildman–Crippen MR) is 136 cm³/mol. The summed E-state index contributed by atoms with van der Waals surface area (Å²) in [6, 6.07) is 5.82. The maximum absolute atomic E-state index is 5.96. The van der Waals surface area contributed by atoms with E-state index in [2.05, 4.69) is 79.3 Å². The van der Waals surface area contributed by atoms with Crippen molar-refractivity contribution in [2.75, 3.05) is 36.5 Å². The van der Waals surface area contributed by atoms with Crippen LogP contribution in [0.3, 0.4) is 0 Å². The minimum absolute atomic E-state index is 0.380. The molecule has 0 bridgehead atoms.